The Kier molecular flexibility index (Phi) is 7.62. The molecule has 0 N–H and O–H groups in total. The number of nitriles is 1. The van der Waals surface area contributed by atoms with E-state index in [2.05, 4.69) is 10.8 Å². The number of hydrogen-bond acceptors (Lipinski definition) is 3. The first-order valence-corrected chi connectivity index (χ1v) is 10.6. The molecule has 0 spiro atoms. The van der Waals surface area contributed by atoms with Crippen LogP contribution in [-0.4, -0.2) is 29.5 Å². The van der Waals surface area contributed by atoms with E-state index in [1.807, 2.05) is 4.90 Å². The predicted octanol–water partition coefficient (Wildman–Crippen LogP) is 5.69. The average molecular weight is 402 g/mol. The highest BCUT2D eigenvalue weighted by Gasteiger charge is 2.33. The molecule has 0 heterocycles. The van der Waals surface area contributed by atoms with Gasteiger partial charge in [0.1, 0.15) is 17.4 Å². The molecule has 0 atom stereocenters. The summed E-state index contributed by atoms with van der Waals surface area (Å²) in [6, 6.07) is 8.47. The van der Waals surface area contributed by atoms with Crippen molar-refractivity contribution in [2.75, 3.05) is 0 Å². The lowest BCUT2D eigenvalue weighted by Gasteiger charge is -2.41. The fourth-order valence-electron chi connectivity index (χ4n) is 4.54. The van der Waals surface area contributed by atoms with Crippen molar-refractivity contribution >= 4 is 12.0 Å². The van der Waals surface area contributed by atoms with Gasteiger partial charge in [0.2, 0.25) is 0 Å². The van der Waals surface area contributed by atoms with Gasteiger partial charge in [0, 0.05) is 12.1 Å². The molecule has 1 aromatic carbocycles. The average Bonchev–Trinajstić information content (AvgIpc) is 2.74. The fourth-order valence-corrected chi connectivity index (χ4v) is 4.54. The summed E-state index contributed by atoms with van der Waals surface area (Å²) in [6.45, 7) is -2.88. The molecule has 29 heavy (non-hydrogen) atoms. The maximum Gasteiger partial charge on any atom is 0.387 e. The van der Waals surface area contributed by atoms with Gasteiger partial charge in [-0.25, -0.2) is 0 Å². The Labute approximate surface area is 171 Å². The van der Waals surface area contributed by atoms with Crippen molar-refractivity contribution in [1.29, 1.82) is 5.26 Å². The van der Waals surface area contributed by atoms with Crippen LogP contribution in [-0.2, 0) is 4.79 Å². The first-order chi connectivity index (χ1) is 14.1. The lowest BCUT2D eigenvalue weighted by atomic mass is 9.88. The smallest absolute Gasteiger partial charge is 0.387 e. The van der Waals surface area contributed by atoms with Crippen LogP contribution >= 0.6 is 0 Å². The van der Waals surface area contributed by atoms with Crippen LogP contribution in [0.2, 0.25) is 0 Å². The van der Waals surface area contributed by atoms with Crippen LogP contribution in [0.3, 0.4) is 0 Å². The molecule has 0 aromatic heterocycles. The van der Waals surface area contributed by atoms with Crippen LogP contribution < -0.4 is 4.74 Å². The number of rotatable bonds is 6. The third kappa shape index (κ3) is 5.79. The molecule has 0 unspecified atom stereocenters. The van der Waals surface area contributed by atoms with Crippen LogP contribution in [0.5, 0.6) is 5.75 Å². The second-order valence-electron chi connectivity index (χ2n) is 7.91. The van der Waals surface area contributed by atoms with Crippen molar-refractivity contribution in [3.8, 4) is 11.8 Å². The van der Waals surface area contributed by atoms with Crippen molar-refractivity contribution in [2.24, 2.45) is 0 Å². The predicted molar refractivity (Wildman–Crippen MR) is 107 cm³/mol. The Hall–Kier alpha value is -2.42. The van der Waals surface area contributed by atoms with Gasteiger partial charge in [-0.1, -0.05) is 50.7 Å². The molecule has 4 nitrogen and oxygen atoms in total. The van der Waals surface area contributed by atoms with Gasteiger partial charge >= 0.3 is 6.61 Å². The Bertz CT molecular complexity index is 725. The van der Waals surface area contributed by atoms with Gasteiger partial charge < -0.3 is 9.64 Å². The van der Waals surface area contributed by atoms with E-state index in [4.69, 9.17) is 0 Å². The minimum atomic E-state index is -2.88. The number of carbonyl (C=O) groups excluding carboxylic acids is 1. The van der Waals surface area contributed by atoms with Gasteiger partial charge in [0.05, 0.1) is 0 Å². The highest BCUT2D eigenvalue weighted by molar-refractivity contribution is 6.02. The van der Waals surface area contributed by atoms with Crippen molar-refractivity contribution in [2.45, 2.75) is 82.9 Å². The van der Waals surface area contributed by atoms with Gasteiger partial charge in [-0.15, -0.1) is 0 Å². The lowest BCUT2D eigenvalue weighted by Crippen LogP contribution is -2.49. The van der Waals surface area contributed by atoms with Crippen molar-refractivity contribution < 1.29 is 18.3 Å². The maximum atomic E-state index is 13.4. The Balaban J connectivity index is 1.81. The quantitative estimate of drug-likeness (QED) is 0.454. The molecule has 3 rings (SSSR count). The van der Waals surface area contributed by atoms with E-state index < -0.39 is 6.61 Å². The molecule has 0 saturated heterocycles. The summed E-state index contributed by atoms with van der Waals surface area (Å²) in [7, 11) is 0. The number of hydrogen-bond donors (Lipinski definition) is 0. The van der Waals surface area contributed by atoms with E-state index in [1.165, 1.54) is 25.0 Å². The van der Waals surface area contributed by atoms with E-state index in [0.29, 0.717) is 5.56 Å². The molecule has 2 fully saturated rings. The second-order valence-corrected chi connectivity index (χ2v) is 7.91. The van der Waals surface area contributed by atoms with E-state index in [1.54, 1.807) is 18.2 Å². The summed E-state index contributed by atoms with van der Waals surface area (Å²) in [5.41, 5.74) is 0.715. The van der Waals surface area contributed by atoms with Gasteiger partial charge in [-0.3, -0.25) is 4.79 Å². The van der Waals surface area contributed by atoms with E-state index >= 15 is 0 Å². The van der Waals surface area contributed by atoms with Gasteiger partial charge in [-0.05, 0) is 49.5 Å². The maximum absolute atomic E-state index is 13.4. The van der Waals surface area contributed by atoms with Crippen LogP contribution in [0.15, 0.2) is 29.8 Å². The third-order valence-corrected chi connectivity index (χ3v) is 5.94. The number of halogens is 2. The fraction of sp³-hybridized carbons (Fsp3) is 0.565. The number of nitrogens with zero attached hydrogens (tertiary/aromatic N) is 2. The minimum absolute atomic E-state index is 0.0491. The molecule has 2 saturated carbocycles. The molecular weight excluding hydrogens is 374 g/mol. The highest BCUT2D eigenvalue weighted by atomic mass is 19.3. The van der Waals surface area contributed by atoms with Crippen molar-refractivity contribution in [3.63, 3.8) is 0 Å². The molecule has 6 heteroatoms. The summed E-state index contributed by atoms with van der Waals surface area (Å²) < 4.78 is 29.0. The summed E-state index contributed by atoms with van der Waals surface area (Å²) in [6.07, 6.45) is 12.5. The largest absolute Gasteiger partial charge is 0.435 e. The van der Waals surface area contributed by atoms with Crippen LogP contribution in [0, 0.1) is 11.3 Å². The minimum Gasteiger partial charge on any atom is -0.435 e. The molecule has 0 radical (unpaired) electrons. The molecule has 1 aromatic rings. The topological polar surface area (TPSA) is 53.3 Å². The zero-order chi connectivity index (χ0) is 20.6. The van der Waals surface area contributed by atoms with E-state index in [0.717, 1.165) is 51.4 Å². The molecule has 0 aliphatic heterocycles. The van der Waals surface area contributed by atoms with E-state index in [9.17, 15) is 18.8 Å². The number of ether oxygens (including phenoxy) is 1. The monoisotopic (exact) mass is 402 g/mol. The van der Waals surface area contributed by atoms with E-state index in [-0.39, 0.29) is 29.3 Å². The Morgan fingerprint density at radius 3 is 1.97 bits per heavy atom. The zero-order valence-electron chi connectivity index (χ0n) is 16.7. The number of benzene rings is 1. The number of carbonyl (C=O) groups is 1. The SMILES string of the molecule is N#CC(=Cc1ccc(OC(F)F)cc1)C(=O)N(C1CCCCC1)C1CCCCC1. The Morgan fingerprint density at radius 1 is 1.00 bits per heavy atom. The van der Waals surface area contributed by atoms with Crippen molar-refractivity contribution in [3.05, 3.63) is 35.4 Å². The number of amides is 1. The summed E-state index contributed by atoms with van der Waals surface area (Å²) in [4.78, 5) is 15.4. The standard InChI is InChI=1S/C23H28F2N2O2/c24-23(25)29-21-13-11-17(12-14-21)15-18(16-26)22(28)27(19-7-3-1-4-8-19)20-9-5-2-6-10-20/h11-15,19-20,23H,1-10H2. The van der Waals surface area contributed by atoms with Gasteiger partial charge in [-0.2, -0.15) is 14.0 Å². The molecule has 2 aliphatic carbocycles. The first kappa shape index (κ1) is 21.3. The van der Waals surface area contributed by atoms with Crippen LogP contribution in [0.1, 0.15) is 69.8 Å². The van der Waals surface area contributed by atoms with Gasteiger partial charge in [0.25, 0.3) is 5.91 Å². The lowest BCUT2D eigenvalue weighted by molar-refractivity contribution is -0.133. The summed E-state index contributed by atoms with van der Waals surface area (Å²) >= 11 is 0. The molecular formula is C23H28F2N2O2. The third-order valence-electron chi connectivity index (χ3n) is 5.94. The highest BCUT2D eigenvalue weighted by Crippen LogP contribution is 2.31. The molecule has 0 bridgehead atoms. The van der Waals surface area contributed by atoms with Crippen molar-refractivity contribution in [1.82, 2.24) is 4.90 Å². The zero-order valence-corrected chi connectivity index (χ0v) is 16.7. The molecule has 1 amide bonds. The van der Waals surface area contributed by atoms with Crippen LogP contribution in [0.25, 0.3) is 6.08 Å². The van der Waals surface area contributed by atoms with Crippen LogP contribution in [0.4, 0.5) is 8.78 Å². The normalized spacial score (nSPS) is 19.0. The Morgan fingerprint density at radius 2 is 1.52 bits per heavy atom. The molecule has 156 valence electrons. The number of alkyl halides is 2. The first-order valence-electron chi connectivity index (χ1n) is 10.6. The second kappa shape index (κ2) is 10.4. The molecule has 2 aliphatic rings. The summed E-state index contributed by atoms with van der Waals surface area (Å²) in [5, 5.41) is 9.69. The van der Waals surface area contributed by atoms with Gasteiger partial charge in [0.15, 0.2) is 0 Å². The summed E-state index contributed by atoms with van der Waals surface area (Å²) in [5.74, 6) is -0.146.